The summed E-state index contributed by atoms with van der Waals surface area (Å²) in [5, 5.41) is 0. The number of imide groups is 1. The first-order valence-corrected chi connectivity index (χ1v) is 11.6. The van der Waals surface area contributed by atoms with Gasteiger partial charge in [-0.05, 0) is 36.9 Å². The third kappa shape index (κ3) is 5.81. The van der Waals surface area contributed by atoms with Crippen molar-refractivity contribution in [3.8, 4) is 0 Å². The molecule has 2 aromatic rings. The highest BCUT2D eigenvalue weighted by Crippen LogP contribution is 2.28. The van der Waals surface area contributed by atoms with Crippen LogP contribution in [-0.4, -0.2) is 65.8 Å². The normalized spacial score (nSPS) is 20.9. The van der Waals surface area contributed by atoms with E-state index in [2.05, 4.69) is 40.1 Å². The van der Waals surface area contributed by atoms with E-state index in [0.29, 0.717) is 19.4 Å². The summed E-state index contributed by atoms with van der Waals surface area (Å²) in [5.41, 5.74) is 2.40. The number of likely N-dealkylation sites (tertiary alicyclic amines) is 1. The number of nitrogens with zero attached hydrogens (tertiary/aromatic N) is 3. The Bertz CT molecular complexity index is 847. The quantitative estimate of drug-likeness (QED) is 0.485. The molecule has 2 fully saturated rings. The van der Waals surface area contributed by atoms with Gasteiger partial charge in [0.1, 0.15) is 0 Å². The molecule has 5 heteroatoms. The van der Waals surface area contributed by atoms with Gasteiger partial charge in [0.2, 0.25) is 11.8 Å². The Morgan fingerprint density at radius 3 is 2.06 bits per heavy atom. The fraction of sp³-hybridized carbons (Fsp3) is 0.462. The second-order valence-electron chi connectivity index (χ2n) is 8.70. The first-order chi connectivity index (χ1) is 15.2. The minimum absolute atomic E-state index is 0.00768. The maximum absolute atomic E-state index is 12.9. The number of benzene rings is 2. The number of amides is 2. The highest BCUT2D eigenvalue weighted by atomic mass is 16.2. The molecule has 1 unspecified atom stereocenters. The van der Waals surface area contributed by atoms with Crippen LogP contribution in [0.4, 0.5) is 0 Å². The van der Waals surface area contributed by atoms with Crippen LogP contribution in [-0.2, 0) is 16.1 Å². The van der Waals surface area contributed by atoms with Crippen LogP contribution < -0.4 is 0 Å². The predicted molar refractivity (Wildman–Crippen MR) is 123 cm³/mol. The predicted octanol–water partition coefficient (Wildman–Crippen LogP) is 3.52. The standard InChI is InChI=1S/C26H33N3O2/c30-25-14-13-24(23-11-5-2-6-12-23)26(31)29(25)16-8-7-15-27-17-19-28(20-18-27)21-22-9-3-1-4-10-22/h1-6,9-12,24H,7-8,13-21H2. The Kier molecular flexibility index (Phi) is 7.49. The van der Waals surface area contributed by atoms with Crippen LogP contribution >= 0.6 is 0 Å². The lowest BCUT2D eigenvalue weighted by Gasteiger charge is -2.35. The zero-order valence-electron chi connectivity index (χ0n) is 18.3. The fourth-order valence-electron chi connectivity index (χ4n) is 4.68. The molecule has 2 aliphatic rings. The van der Waals surface area contributed by atoms with Gasteiger partial charge >= 0.3 is 0 Å². The molecule has 2 heterocycles. The van der Waals surface area contributed by atoms with Crippen molar-refractivity contribution in [3.05, 3.63) is 71.8 Å². The van der Waals surface area contributed by atoms with Crippen molar-refractivity contribution in [2.24, 2.45) is 0 Å². The highest BCUT2D eigenvalue weighted by molar-refractivity contribution is 6.01. The van der Waals surface area contributed by atoms with Crippen LogP contribution in [0.2, 0.25) is 0 Å². The van der Waals surface area contributed by atoms with Gasteiger partial charge in [0, 0.05) is 45.7 Å². The molecule has 2 amide bonds. The molecule has 1 atom stereocenters. The van der Waals surface area contributed by atoms with Gasteiger partial charge < -0.3 is 4.90 Å². The molecule has 0 spiro atoms. The molecule has 0 saturated carbocycles. The smallest absolute Gasteiger partial charge is 0.236 e. The Balaban J connectivity index is 1.17. The summed E-state index contributed by atoms with van der Waals surface area (Å²) >= 11 is 0. The van der Waals surface area contributed by atoms with Crippen molar-refractivity contribution in [2.45, 2.75) is 38.1 Å². The maximum Gasteiger partial charge on any atom is 0.236 e. The number of hydrogen-bond acceptors (Lipinski definition) is 4. The number of hydrogen-bond donors (Lipinski definition) is 0. The number of rotatable bonds is 8. The van der Waals surface area contributed by atoms with Crippen molar-refractivity contribution < 1.29 is 9.59 Å². The summed E-state index contributed by atoms with van der Waals surface area (Å²) in [6, 6.07) is 20.5. The van der Waals surface area contributed by atoms with Crippen LogP contribution in [0.25, 0.3) is 0 Å². The highest BCUT2D eigenvalue weighted by Gasteiger charge is 2.34. The van der Waals surface area contributed by atoms with E-state index in [1.165, 1.54) is 10.5 Å². The number of piperazine rings is 1. The number of piperidine rings is 1. The van der Waals surface area contributed by atoms with Gasteiger partial charge in [0.05, 0.1) is 5.92 Å². The van der Waals surface area contributed by atoms with Crippen LogP contribution in [0.5, 0.6) is 0 Å². The molecule has 164 valence electrons. The Hall–Kier alpha value is -2.50. The van der Waals surface area contributed by atoms with Crippen LogP contribution in [0, 0.1) is 0 Å². The fourth-order valence-corrected chi connectivity index (χ4v) is 4.68. The molecule has 5 nitrogen and oxygen atoms in total. The van der Waals surface area contributed by atoms with Crippen molar-refractivity contribution in [1.29, 1.82) is 0 Å². The van der Waals surface area contributed by atoms with Crippen LogP contribution in [0.15, 0.2) is 60.7 Å². The molecule has 2 saturated heterocycles. The molecule has 0 N–H and O–H groups in total. The molecular formula is C26H33N3O2. The van der Waals surface area contributed by atoms with Gasteiger partial charge in [-0.15, -0.1) is 0 Å². The third-order valence-electron chi connectivity index (χ3n) is 6.53. The number of unbranched alkanes of at least 4 members (excludes halogenated alkanes) is 1. The van der Waals surface area contributed by atoms with Crippen molar-refractivity contribution >= 4 is 11.8 Å². The number of carbonyl (C=O) groups is 2. The zero-order valence-corrected chi connectivity index (χ0v) is 18.3. The van der Waals surface area contributed by atoms with Gasteiger partial charge in [-0.1, -0.05) is 60.7 Å². The van der Waals surface area contributed by atoms with E-state index in [1.54, 1.807) is 0 Å². The average Bonchev–Trinajstić information content (AvgIpc) is 2.81. The van der Waals surface area contributed by atoms with Crippen molar-refractivity contribution in [1.82, 2.24) is 14.7 Å². The summed E-state index contributed by atoms with van der Waals surface area (Å²) in [4.78, 5) is 31.8. The van der Waals surface area contributed by atoms with Gasteiger partial charge in [-0.3, -0.25) is 19.4 Å². The van der Waals surface area contributed by atoms with E-state index >= 15 is 0 Å². The summed E-state index contributed by atoms with van der Waals surface area (Å²) in [6.45, 7) is 6.98. The van der Waals surface area contributed by atoms with E-state index in [1.807, 2.05) is 30.3 Å². The molecule has 2 aliphatic heterocycles. The largest absolute Gasteiger partial charge is 0.301 e. The molecule has 2 aromatic carbocycles. The van der Waals surface area contributed by atoms with Gasteiger partial charge in [-0.2, -0.15) is 0 Å². The maximum atomic E-state index is 12.9. The van der Waals surface area contributed by atoms with Crippen LogP contribution in [0.1, 0.15) is 42.7 Å². The lowest BCUT2D eigenvalue weighted by Crippen LogP contribution is -2.46. The second kappa shape index (κ2) is 10.7. The molecule has 31 heavy (non-hydrogen) atoms. The SMILES string of the molecule is O=C1CCC(c2ccccc2)C(=O)N1CCCCN1CCN(Cc2ccccc2)CC1. The second-order valence-corrected chi connectivity index (χ2v) is 8.70. The van der Waals surface area contributed by atoms with Crippen LogP contribution in [0.3, 0.4) is 0 Å². The van der Waals surface area contributed by atoms with E-state index in [9.17, 15) is 9.59 Å². The first-order valence-electron chi connectivity index (χ1n) is 11.6. The lowest BCUT2D eigenvalue weighted by atomic mass is 9.89. The summed E-state index contributed by atoms with van der Waals surface area (Å²) in [5.74, 6) is -0.194. The lowest BCUT2D eigenvalue weighted by molar-refractivity contribution is -0.149. The van der Waals surface area contributed by atoms with Gasteiger partial charge in [0.25, 0.3) is 0 Å². The van der Waals surface area contributed by atoms with Crippen molar-refractivity contribution in [3.63, 3.8) is 0 Å². The van der Waals surface area contributed by atoms with E-state index in [-0.39, 0.29) is 17.7 Å². The topological polar surface area (TPSA) is 43.9 Å². The third-order valence-corrected chi connectivity index (χ3v) is 6.53. The van der Waals surface area contributed by atoms with Gasteiger partial charge in [-0.25, -0.2) is 0 Å². The summed E-state index contributed by atoms with van der Waals surface area (Å²) in [6.07, 6.45) is 3.00. The monoisotopic (exact) mass is 419 g/mol. The molecular weight excluding hydrogens is 386 g/mol. The molecule has 0 bridgehead atoms. The molecule has 4 rings (SSSR count). The summed E-state index contributed by atoms with van der Waals surface area (Å²) in [7, 11) is 0. The minimum Gasteiger partial charge on any atom is -0.301 e. The first kappa shape index (κ1) is 21.7. The average molecular weight is 420 g/mol. The number of carbonyl (C=O) groups excluding carboxylic acids is 2. The van der Waals surface area contributed by atoms with E-state index < -0.39 is 0 Å². The Morgan fingerprint density at radius 1 is 0.742 bits per heavy atom. The Labute approximate surface area is 185 Å². The van der Waals surface area contributed by atoms with Crippen molar-refractivity contribution in [2.75, 3.05) is 39.3 Å². The summed E-state index contributed by atoms with van der Waals surface area (Å²) < 4.78 is 0. The Morgan fingerprint density at radius 2 is 1.35 bits per heavy atom. The van der Waals surface area contributed by atoms with E-state index in [0.717, 1.165) is 57.7 Å². The molecule has 0 aliphatic carbocycles. The minimum atomic E-state index is -0.170. The zero-order chi connectivity index (χ0) is 21.5. The van der Waals surface area contributed by atoms with E-state index in [4.69, 9.17) is 0 Å². The van der Waals surface area contributed by atoms with Gasteiger partial charge in [0.15, 0.2) is 0 Å². The molecule has 0 radical (unpaired) electrons. The molecule has 0 aromatic heterocycles.